The average molecular weight is 483 g/mol. The van der Waals surface area contributed by atoms with Gasteiger partial charge in [0.15, 0.2) is 0 Å². The number of alkyl halides is 5. The fourth-order valence-corrected chi connectivity index (χ4v) is 3.90. The van der Waals surface area contributed by atoms with Gasteiger partial charge in [0.05, 0.1) is 22.2 Å². The van der Waals surface area contributed by atoms with Gasteiger partial charge in [-0.3, -0.25) is 9.78 Å². The molecule has 1 heterocycles. The smallest absolute Gasteiger partial charge is 0.326 e. The Bertz CT molecular complexity index is 1130. The van der Waals surface area contributed by atoms with Gasteiger partial charge < -0.3 is 4.90 Å². The minimum Gasteiger partial charge on any atom is -0.326 e. The molecule has 0 aliphatic heterocycles. The molecule has 1 amide bonds. The number of hydrogen-bond acceptors (Lipinski definition) is 2. The molecule has 2 aliphatic carbocycles. The first-order valence-corrected chi connectivity index (χ1v) is 10.9. The zero-order valence-electron chi connectivity index (χ0n) is 17.6. The lowest BCUT2D eigenvalue weighted by Crippen LogP contribution is -2.49. The largest absolute Gasteiger partial charge is 0.417 e. The van der Waals surface area contributed by atoms with Crippen molar-refractivity contribution in [1.82, 2.24) is 9.88 Å². The highest BCUT2D eigenvalue weighted by atomic mass is 35.5. The van der Waals surface area contributed by atoms with Crippen molar-refractivity contribution in [3.8, 4) is 11.8 Å². The molecule has 33 heavy (non-hydrogen) atoms. The zero-order chi connectivity index (χ0) is 24.0. The lowest BCUT2D eigenvalue weighted by molar-refractivity contribution is -0.138. The van der Waals surface area contributed by atoms with Crippen LogP contribution in [-0.4, -0.2) is 27.9 Å². The van der Waals surface area contributed by atoms with Gasteiger partial charge in [-0.15, -0.1) is 0 Å². The molecule has 0 bridgehead atoms. The van der Waals surface area contributed by atoms with Crippen LogP contribution in [0.5, 0.6) is 0 Å². The summed E-state index contributed by atoms with van der Waals surface area (Å²) in [6, 6.07) is 3.13. The summed E-state index contributed by atoms with van der Waals surface area (Å²) in [7, 11) is 0. The fraction of sp³-hybridized carbons (Fsp3) is 0.417. The van der Waals surface area contributed by atoms with Crippen LogP contribution in [0.1, 0.15) is 59.8 Å². The third-order valence-electron chi connectivity index (χ3n) is 5.73. The van der Waals surface area contributed by atoms with Gasteiger partial charge in [-0.05, 0) is 50.8 Å². The van der Waals surface area contributed by atoms with Crippen LogP contribution in [0.3, 0.4) is 0 Å². The summed E-state index contributed by atoms with van der Waals surface area (Å²) < 4.78 is 71.3. The number of amides is 1. The highest BCUT2D eigenvalue weighted by Gasteiger charge is 2.51. The molecule has 9 heteroatoms. The van der Waals surface area contributed by atoms with Gasteiger partial charge in [0.2, 0.25) is 0 Å². The van der Waals surface area contributed by atoms with Crippen LogP contribution in [-0.2, 0) is 12.1 Å². The molecular weight excluding hydrogens is 463 g/mol. The van der Waals surface area contributed by atoms with E-state index in [2.05, 4.69) is 16.8 Å². The molecule has 0 N–H and O–H groups in total. The van der Waals surface area contributed by atoms with Crippen molar-refractivity contribution in [2.45, 2.75) is 56.8 Å². The number of pyridine rings is 1. The number of nitrogens with zero attached hydrogens (tertiary/aromatic N) is 2. The van der Waals surface area contributed by atoms with E-state index >= 15 is 8.78 Å². The second-order valence-electron chi connectivity index (χ2n) is 8.38. The molecule has 1 aromatic carbocycles. The van der Waals surface area contributed by atoms with Gasteiger partial charge >= 0.3 is 12.1 Å². The van der Waals surface area contributed by atoms with E-state index < -0.39 is 46.9 Å². The number of rotatable bonds is 5. The molecule has 2 saturated carbocycles. The summed E-state index contributed by atoms with van der Waals surface area (Å²) in [5, 5.41) is -0.312. The standard InChI is InChI=1S/C24H20ClF5N2O/c1-14(23(26,27)21-20(25)12-16(13-31-21)9-8-15-6-7-15)32(17-10-11-17)22(33)18-4-2-3-5-19(18)24(28,29)30/h2-5,12-15,17H,6-7,10-11H2,1H3. The van der Waals surface area contributed by atoms with E-state index in [4.69, 9.17) is 11.6 Å². The van der Waals surface area contributed by atoms with Gasteiger partial charge in [0.25, 0.3) is 5.91 Å². The van der Waals surface area contributed by atoms with Crippen molar-refractivity contribution in [2.24, 2.45) is 5.92 Å². The van der Waals surface area contributed by atoms with E-state index in [1.807, 2.05) is 0 Å². The van der Waals surface area contributed by atoms with E-state index in [-0.39, 0.29) is 5.02 Å². The zero-order valence-corrected chi connectivity index (χ0v) is 18.4. The topological polar surface area (TPSA) is 33.2 Å². The lowest BCUT2D eigenvalue weighted by Gasteiger charge is -2.35. The molecule has 0 spiro atoms. The maximum Gasteiger partial charge on any atom is 0.417 e. The van der Waals surface area contributed by atoms with Gasteiger partial charge in [0.1, 0.15) is 5.69 Å². The van der Waals surface area contributed by atoms with Crippen LogP contribution in [0.4, 0.5) is 22.0 Å². The van der Waals surface area contributed by atoms with Crippen LogP contribution < -0.4 is 0 Å². The van der Waals surface area contributed by atoms with Crippen molar-refractivity contribution in [2.75, 3.05) is 0 Å². The SMILES string of the molecule is CC(N(C(=O)c1ccccc1C(F)(F)F)C1CC1)C(F)(F)c1ncc(C#CC2CC2)cc1Cl. The van der Waals surface area contributed by atoms with Crippen molar-refractivity contribution in [3.05, 3.63) is 63.9 Å². The Morgan fingerprint density at radius 3 is 2.39 bits per heavy atom. The molecule has 1 atom stereocenters. The monoisotopic (exact) mass is 482 g/mol. The Hall–Kier alpha value is -2.66. The van der Waals surface area contributed by atoms with Gasteiger partial charge in [-0.25, -0.2) is 0 Å². The summed E-state index contributed by atoms with van der Waals surface area (Å²) >= 11 is 6.11. The van der Waals surface area contributed by atoms with E-state index in [0.717, 1.165) is 42.9 Å². The van der Waals surface area contributed by atoms with Crippen molar-refractivity contribution in [3.63, 3.8) is 0 Å². The number of hydrogen-bond donors (Lipinski definition) is 0. The van der Waals surface area contributed by atoms with Crippen LogP contribution >= 0.6 is 11.6 Å². The number of aromatic nitrogens is 1. The van der Waals surface area contributed by atoms with Crippen molar-refractivity contribution in [1.29, 1.82) is 0 Å². The second kappa shape index (κ2) is 8.60. The summed E-state index contributed by atoms with van der Waals surface area (Å²) in [6.07, 6.45) is -0.738. The molecule has 0 saturated heterocycles. The van der Waals surface area contributed by atoms with Gasteiger partial charge in [0, 0.05) is 23.7 Å². The first kappa shape index (κ1) is 23.5. The minimum atomic E-state index is -4.80. The molecule has 2 fully saturated rings. The molecule has 3 nitrogen and oxygen atoms in total. The molecule has 1 aromatic heterocycles. The molecule has 2 aromatic rings. The van der Waals surface area contributed by atoms with Crippen LogP contribution in [0, 0.1) is 17.8 Å². The Labute approximate surface area is 192 Å². The molecule has 4 rings (SSSR count). The number of carbonyl (C=O) groups excluding carboxylic acids is 1. The molecule has 2 aliphatic rings. The fourth-order valence-electron chi connectivity index (χ4n) is 3.60. The molecule has 0 radical (unpaired) electrons. The average Bonchev–Trinajstić information content (AvgIpc) is 3.66. The van der Waals surface area contributed by atoms with E-state index in [0.29, 0.717) is 24.3 Å². The Morgan fingerprint density at radius 1 is 1.15 bits per heavy atom. The Kier molecular flexibility index (Phi) is 6.12. The van der Waals surface area contributed by atoms with Crippen LogP contribution in [0.25, 0.3) is 0 Å². The number of benzene rings is 1. The quantitative estimate of drug-likeness (QED) is 0.370. The minimum absolute atomic E-state index is 0.308. The Balaban J connectivity index is 1.65. The lowest BCUT2D eigenvalue weighted by atomic mass is 10.0. The van der Waals surface area contributed by atoms with E-state index in [1.165, 1.54) is 18.3 Å². The summed E-state index contributed by atoms with van der Waals surface area (Å²) in [4.78, 5) is 17.8. The molecule has 174 valence electrons. The van der Waals surface area contributed by atoms with Crippen LogP contribution in [0.15, 0.2) is 36.5 Å². The van der Waals surface area contributed by atoms with E-state index in [9.17, 15) is 18.0 Å². The molecule has 1 unspecified atom stereocenters. The highest BCUT2D eigenvalue weighted by Crippen LogP contribution is 2.43. The summed E-state index contributed by atoms with van der Waals surface area (Å²) in [6.45, 7) is 1.10. The first-order chi connectivity index (χ1) is 15.5. The van der Waals surface area contributed by atoms with Gasteiger partial charge in [-0.1, -0.05) is 35.6 Å². The number of carbonyl (C=O) groups is 1. The van der Waals surface area contributed by atoms with Crippen molar-refractivity contribution < 1.29 is 26.7 Å². The summed E-state index contributed by atoms with van der Waals surface area (Å²) in [5.74, 6) is 1.35. The predicted molar refractivity (Wildman–Crippen MR) is 113 cm³/mol. The highest BCUT2D eigenvalue weighted by molar-refractivity contribution is 6.31. The maximum atomic E-state index is 15.5. The summed E-state index contributed by atoms with van der Waals surface area (Å²) in [5.41, 5.74) is -2.17. The van der Waals surface area contributed by atoms with E-state index in [1.54, 1.807) is 0 Å². The first-order valence-electron chi connectivity index (χ1n) is 10.5. The second-order valence-corrected chi connectivity index (χ2v) is 8.79. The predicted octanol–water partition coefficient (Wildman–Crippen LogP) is 6.30. The molecular formula is C24H20ClF5N2O. The third kappa shape index (κ3) is 4.98. The maximum absolute atomic E-state index is 15.5. The third-order valence-corrected chi connectivity index (χ3v) is 6.02. The number of halogens is 6. The van der Waals surface area contributed by atoms with Crippen molar-refractivity contribution >= 4 is 17.5 Å². The Morgan fingerprint density at radius 2 is 1.82 bits per heavy atom. The van der Waals surface area contributed by atoms with Gasteiger partial charge in [-0.2, -0.15) is 22.0 Å². The normalized spacial score (nSPS) is 17.2. The van der Waals surface area contributed by atoms with Crippen LogP contribution in [0.2, 0.25) is 5.02 Å².